The second-order valence-corrected chi connectivity index (χ2v) is 3.97. The molecule has 0 aromatic heterocycles. The lowest BCUT2D eigenvalue weighted by Gasteiger charge is -2.10. The highest BCUT2D eigenvalue weighted by molar-refractivity contribution is 5.94. The summed E-state index contributed by atoms with van der Waals surface area (Å²) in [6, 6.07) is 4.19. The predicted octanol–water partition coefficient (Wildman–Crippen LogP) is 2.83. The second-order valence-electron chi connectivity index (χ2n) is 3.97. The standard InChI is InChI=1S/C13H17FO3/c1-9(2)16-6-7-17-13-5-4-11(10(3)15)8-12(13)14/h4-5,8-9H,6-7H2,1-3H3. The van der Waals surface area contributed by atoms with E-state index in [2.05, 4.69) is 0 Å². The van der Waals surface area contributed by atoms with E-state index in [1.165, 1.54) is 19.1 Å². The van der Waals surface area contributed by atoms with Crippen molar-refractivity contribution in [2.24, 2.45) is 0 Å². The fourth-order valence-corrected chi connectivity index (χ4v) is 1.27. The number of carbonyl (C=O) groups excluding carboxylic acids is 1. The van der Waals surface area contributed by atoms with Crippen LogP contribution >= 0.6 is 0 Å². The minimum Gasteiger partial charge on any atom is -0.488 e. The van der Waals surface area contributed by atoms with Gasteiger partial charge in [0.15, 0.2) is 17.3 Å². The molecule has 3 nitrogen and oxygen atoms in total. The van der Waals surface area contributed by atoms with Crippen molar-refractivity contribution in [2.45, 2.75) is 26.9 Å². The van der Waals surface area contributed by atoms with Gasteiger partial charge in [-0.2, -0.15) is 0 Å². The summed E-state index contributed by atoms with van der Waals surface area (Å²) in [5.41, 5.74) is 0.341. The Hall–Kier alpha value is -1.42. The number of benzene rings is 1. The van der Waals surface area contributed by atoms with Crippen molar-refractivity contribution in [2.75, 3.05) is 13.2 Å². The molecule has 1 aromatic carbocycles. The maximum absolute atomic E-state index is 13.5. The third-order valence-electron chi connectivity index (χ3n) is 2.13. The number of halogens is 1. The fraction of sp³-hybridized carbons (Fsp3) is 0.462. The van der Waals surface area contributed by atoms with Crippen molar-refractivity contribution in [3.63, 3.8) is 0 Å². The normalized spacial score (nSPS) is 10.6. The predicted molar refractivity (Wildman–Crippen MR) is 63.0 cm³/mol. The Morgan fingerprint density at radius 1 is 1.35 bits per heavy atom. The Morgan fingerprint density at radius 2 is 2.06 bits per heavy atom. The Morgan fingerprint density at radius 3 is 2.59 bits per heavy atom. The summed E-state index contributed by atoms with van der Waals surface area (Å²) in [4.78, 5) is 11.0. The first-order valence-electron chi connectivity index (χ1n) is 5.55. The average Bonchev–Trinajstić information content (AvgIpc) is 2.25. The summed E-state index contributed by atoms with van der Waals surface area (Å²) >= 11 is 0. The van der Waals surface area contributed by atoms with Crippen LogP contribution in [0.5, 0.6) is 5.75 Å². The van der Waals surface area contributed by atoms with Crippen LogP contribution in [0.4, 0.5) is 4.39 Å². The largest absolute Gasteiger partial charge is 0.488 e. The summed E-state index contributed by atoms with van der Waals surface area (Å²) in [5.74, 6) is -0.553. The molecule has 4 heteroatoms. The van der Waals surface area contributed by atoms with Gasteiger partial charge in [0.2, 0.25) is 0 Å². The molecule has 0 aliphatic heterocycles. The molecule has 0 N–H and O–H groups in total. The Labute approximate surface area is 101 Å². The van der Waals surface area contributed by atoms with Crippen molar-refractivity contribution < 1.29 is 18.7 Å². The minimum absolute atomic E-state index is 0.128. The van der Waals surface area contributed by atoms with Gasteiger partial charge < -0.3 is 9.47 Å². The van der Waals surface area contributed by atoms with E-state index in [1.54, 1.807) is 6.07 Å². The van der Waals surface area contributed by atoms with Gasteiger partial charge in [-0.05, 0) is 39.0 Å². The summed E-state index contributed by atoms with van der Waals surface area (Å²) in [5, 5.41) is 0. The molecule has 0 aliphatic carbocycles. The molecular formula is C13H17FO3. The summed E-state index contributed by atoms with van der Waals surface area (Å²) in [6.07, 6.45) is 0.128. The van der Waals surface area contributed by atoms with E-state index in [9.17, 15) is 9.18 Å². The van der Waals surface area contributed by atoms with Gasteiger partial charge in [-0.1, -0.05) is 0 Å². The van der Waals surface area contributed by atoms with E-state index in [0.717, 1.165) is 0 Å². The molecular weight excluding hydrogens is 223 g/mol. The molecule has 0 heterocycles. The quantitative estimate of drug-likeness (QED) is 0.566. The lowest BCUT2D eigenvalue weighted by atomic mass is 10.1. The van der Waals surface area contributed by atoms with Crippen molar-refractivity contribution in [3.8, 4) is 5.75 Å². The Balaban J connectivity index is 2.52. The van der Waals surface area contributed by atoms with E-state index < -0.39 is 5.82 Å². The molecule has 0 atom stereocenters. The fourth-order valence-electron chi connectivity index (χ4n) is 1.27. The second kappa shape index (κ2) is 6.35. The Kier molecular flexibility index (Phi) is 5.10. The molecule has 0 aliphatic rings. The summed E-state index contributed by atoms with van der Waals surface area (Å²) in [6.45, 7) is 5.93. The molecule has 0 bridgehead atoms. The van der Waals surface area contributed by atoms with Crippen LogP contribution in [0.3, 0.4) is 0 Å². The highest BCUT2D eigenvalue weighted by Crippen LogP contribution is 2.18. The molecule has 0 spiro atoms. The maximum atomic E-state index is 13.5. The summed E-state index contributed by atoms with van der Waals surface area (Å²) in [7, 11) is 0. The lowest BCUT2D eigenvalue weighted by Crippen LogP contribution is -2.11. The van der Waals surface area contributed by atoms with Crippen LogP contribution in [0.2, 0.25) is 0 Å². The number of Topliss-reactive ketones (excluding diaryl/α,β-unsaturated/α-hetero) is 1. The monoisotopic (exact) mass is 240 g/mol. The molecule has 0 radical (unpaired) electrons. The zero-order valence-electron chi connectivity index (χ0n) is 10.3. The molecule has 0 amide bonds. The van der Waals surface area contributed by atoms with Gasteiger partial charge in [0, 0.05) is 5.56 Å². The Bertz CT molecular complexity index is 388. The molecule has 94 valence electrons. The van der Waals surface area contributed by atoms with Crippen molar-refractivity contribution in [1.29, 1.82) is 0 Å². The number of carbonyl (C=O) groups is 1. The van der Waals surface area contributed by atoms with E-state index in [1.807, 2.05) is 13.8 Å². The first-order chi connectivity index (χ1) is 8.00. The average molecular weight is 240 g/mol. The number of rotatable bonds is 6. The smallest absolute Gasteiger partial charge is 0.165 e. The highest BCUT2D eigenvalue weighted by Gasteiger charge is 2.07. The number of ether oxygens (including phenoxy) is 2. The van der Waals surface area contributed by atoms with E-state index in [4.69, 9.17) is 9.47 Å². The van der Waals surface area contributed by atoms with E-state index in [-0.39, 0.29) is 24.2 Å². The maximum Gasteiger partial charge on any atom is 0.165 e. The number of hydrogen-bond acceptors (Lipinski definition) is 3. The highest BCUT2D eigenvalue weighted by atomic mass is 19.1. The van der Waals surface area contributed by atoms with Crippen molar-refractivity contribution in [1.82, 2.24) is 0 Å². The first kappa shape index (κ1) is 13.6. The van der Waals surface area contributed by atoms with Crippen LogP contribution < -0.4 is 4.74 Å². The number of hydrogen-bond donors (Lipinski definition) is 0. The third kappa shape index (κ3) is 4.53. The zero-order valence-corrected chi connectivity index (χ0v) is 10.3. The van der Waals surface area contributed by atoms with Crippen LogP contribution in [0.25, 0.3) is 0 Å². The SMILES string of the molecule is CC(=O)c1ccc(OCCOC(C)C)c(F)c1. The minimum atomic E-state index is -0.526. The van der Waals surface area contributed by atoms with Gasteiger partial charge in [0.05, 0.1) is 12.7 Å². The van der Waals surface area contributed by atoms with Gasteiger partial charge in [-0.15, -0.1) is 0 Å². The van der Waals surface area contributed by atoms with Crippen LogP contribution in [0.15, 0.2) is 18.2 Å². The first-order valence-corrected chi connectivity index (χ1v) is 5.55. The van der Waals surface area contributed by atoms with Crippen LogP contribution in [-0.4, -0.2) is 25.1 Å². The molecule has 0 saturated heterocycles. The molecule has 17 heavy (non-hydrogen) atoms. The number of ketones is 1. The molecule has 1 aromatic rings. The molecule has 1 rings (SSSR count). The third-order valence-corrected chi connectivity index (χ3v) is 2.13. The lowest BCUT2D eigenvalue weighted by molar-refractivity contribution is 0.0544. The molecule has 0 fully saturated rings. The molecule has 0 saturated carbocycles. The van der Waals surface area contributed by atoms with Gasteiger partial charge in [-0.3, -0.25) is 4.79 Å². The van der Waals surface area contributed by atoms with Gasteiger partial charge >= 0.3 is 0 Å². The van der Waals surface area contributed by atoms with Gasteiger partial charge in [-0.25, -0.2) is 4.39 Å². The summed E-state index contributed by atoms with van der Waals surface area (Å²) < 4.78 is 24.0. The van der Waals surface area contributed by atoms with Crippen LogP contribution in [-0.2, 0) is 4.74 Å². The van der Waals surface area contributed by atoms with E-state index >= 15 is 0 Å². The molecule has 0 unspecified atom stereocenters. The van der Waals surface area contributed by atoms with Gasteiger partial charge in [0.25, 0.3) is 0 Å². The van der Waals surface area contributed by atoms with Crippen LogP contribution in [0.1, 0.15) is 31.1 Å². The van der Waals surface area contributed by atoms with Crippen molar-refractivity contribution in [3.05, 3.63) is 29.6 Å². The topological polar surface area (TPSA) is 35.5 Å². The van der Waals surface area contributed by atoms with Crippen LogP contribution in [0, 0.1) is 5.82 Å². The van der Waals surface area contributed by atoms with Gasteiger partial charge in [0.1, 0.15) is 6.61 Å². The van der Waals surface area contributed by atoms with E-state index in [0.29, 0.717) is 12.2 Å². The zero-order chi connectivity index (χ0) is 12.8. The van der Waals surface area contributed by atoms with Crippen molar-refractivity contribution >= 4 is 5.78 Å².